The molecule has 0 radical (unpaired) electrons. The van der Waals surface area contributed by atoms with Crippen LogP contribution in [-0.4, -0.2) is 33.8 Å². The number of amides is 1. The van der Waals surface area contributed by atoms with Crippen LogP contribution in [0.2, 0.25) is 0 Å². The lowest BCUT2D eigenvalue weighted by molar-refractivity contribution is -0.129. The number of aromatic amines is 1. The first kappa shape index (κ1) is 20.1. The van der Waals surface area contributed by atoms with Gasteiger partial charge in [0.05, 0.1) is 12.1 Å². The summed E-state index contributed by atoms with van der Waals surface area (Å²) in [6.45, 7) is 1.77. The van der Waals surface area contributed by atoms with E-state index in [0.29, 0.717) is 19.3 Å². The van der Waals surface area contributed by atoms with Crippen molar-refractivity contribution in [3.8, 4) is 5.75 Å². The maximum Gasteiger partial charge on any atom is 0.223 e. The fraction of sp³-hybridized carbons (Fsp3) is 0.375. The van der Waals surface area contributed by atoms with Crippen LogP contribution in [0.25, 0.3) is 10.9 Å². The Bertz CT molecular complexity index is 982. The second-order valence-corrected chi connectivity index (χ2v) is 8.02. The Balaban J connectivity index is 1.23. The van der Waals surface area contributed by atoms with E-state index < -0.39 is 6.04 Å². The van der Waals surface area contributed by atoms with Gasteiger partial charge in [-0.25, -0.2) is 0 Å². The molecule has 3 aromatic rings. The quantitative estimate of drug-likeness (QED) is 0.597. The maximum absolute atomic E-state index is 12.6. The van der Waals surface area contributed by atoms with E-state index in [1.807, 2.05) is 42.5 Å². The number of para-hydroxylation sites is 1. The summed E-state index contributed by atoms with van der Waals surface area (Å²) in [5.41, 5.74) is 2.02. The number of hydrogen-bond donors (Lipinski definition) is 2. The number of rotatable bonds is 8. The molecule has 2 heterocycles. The lowest BCUT2D eigenvalue weighted by atomic mass is 10.0. The molecule has 6 heteroatoms. The van der Waals surface area contributed by atoms with E-state index in [1.54, 1.807) is 19.3 Å². The molecule has 1 aliphatic carbocycles. The van der Waals surface area contributed by atoms with Crippen molar-refractivity contribution in [3.05, 3.63) is 60.6 Å². The van der Waals surface area contributed by atoms with Gasteiger partial charge in [-0.1, -0.05) is 18.2 Å². The third-order valence-electron chi connectivity index (χ3n) is 5.76. The fourth-order valence-corrected chi connectivity index (χ4v) is 4.03. The first-order valence-corrected chi connectivity index (χ1v) is 10.5. The van der Waals surface area contributed by atoms with Gasteiger partial charge in [-0.05, 0) is 56.9 Å². The number of aromatic nitrogens is 2. The fourth-order valence-electron chi connectivity index (χ4n) is 4.03. The molecule has 1 saturated carbocycles. The lowest BCUT2D eigenvalue weighted by Crippen LogP contribution is -2.41. The summed E-state index contributed by atoms with van der Waals surface area (Å²) in [6, 6.07) is 13.1. The third-order valence-corrected chi connectivity index (χ3v) is 5.76. The zero-order valence-electron chi connectivity index (χ0n) is 17.1. The van der Waals surface area contributed by atoms with E-state index in [2.05, 4.69) is 15.3 Å². The molecule has 0 aliphatic heterocycles. The van der Waals surface area contributed by atoms with Crippen LogP contribution in [0.4, 0.5) is 0 Å². The molecule has 1 aromatic carbocycles. The number of nitrogens with zero attached hydrogens (tertiary/aromatic N) is 1. The molecule has 1 fully saturated rings. The summed E-state index contributed by atoms with van der Waals surface area (Å²) in [5.74, 6) is 0.719. The maximum atomic E-state index is 12.6. The predicted octanol–water partition coefficient (Wildman–Crippen LogP) is 3.82. The smallest absolute Gasteiger partial charge is 0.223 e. The van der Waals surface area contributed by atoms with Crippen LogP contribution in [-0.2, 0) is 16.0 Å². The number of aryl methyl sites for hydroxylation is 1. The molecule has 0 bridgehead atoms. The number of pyridine rings is 1. The molecule has 6 nitrogen and oxygen atoms in total. The number of nitrogens with one attached hydrogen (secondary N) is 2. The highest BCUT2D eigenvalue weighted by Gasteiger charge is 2.32. The summed E-state index contributed by atoms with van der Waals surface area (Å²) < 4.78 is 5.97. The van der Waals surface area contributed by atoms with Crippen LogP contribution in [0, 0.1) is 5.92 Å². The standard InChI is InChI=1S/C24H27N3O3/c1-16(23(28)10-8-19-13-18-15-25-12-11-22(18)27-19)26-24(29)17-7-9-21(14-17)30-20-5-3-2-4-6-20/h2-6,11-13,15-17,21,27H,7-10,14H2,1H3,(H,26,29)/t16-,17+,21+/m0/s1. The van der Waals surface area contributed by atoms with Crippen molar-refractivity contribution in [1.82, 2.24) is 15.3 Å². The van der Waals surface area contributed by atoms with Gasteiger partial charge in [0.1, 0.15) is 5.75 Å². The van der Waals surface area contributed by atoms with Crippen molar-refractivity contribution >= 4 is 22.6 Å². The summed E-state index contributed by atoms with van der Waals surface area (Å²) >= 11 is 0. The normalized spacial score (nSPS) is 19.5. The predicted molar refractivity (Wildman–Crippen MR) is 115 cm³/mol. The summed E-state index contributed by atoms with van der Waals surface area (Å²) in [4.78, 5) is 32.6. The lowest BCUT2D eigenvalue weighted by Gasteiger charge is -2.17. The topological polar surface area (TPSA) is 84.1 Å². The minimum atomic E-state index is -0.488. The number of hydrogen-bond acceptors (Lipinski definition) is 4. The second-order valence-electron chi connectivity index (χ2n) is 8.02. The molecule has 1 amide bonds. The number of ketones is 1. The van der Waals surface area contributed by atoms with Gasteiger partial charge in [0.2, 0.25) is 5.91 Å². The van der Waals surface area contributed by atoms with Crippen LogP contribution in [0.3, 0.4) is 0 Å². The van der Waals surface area contributed by atoms with E-state index in [0.717, 1.165) is 35.2 Å². The van der Waals surface area contributed by atoms with E-state index in [-0.39, 0.29) is 23.7 Å². The number of benzene rings is 1. The SMILES string of the molecule is C[C@H](NC(=O)[C@@H]1CC[C@@H](Oc2ccccc2)C1)C(=O)CCc1cc2cnccc2[nH]1. The molecular weight excluding hydrogens is 378 g/mol. The first-order chi connectivity index (χ1) is 14.6. The molecule has 0 spiro atoms. The Kier molecular flexibility index (Phi) is 6.12. The van der Waals surface area contributed by atoms with Crippen molar-refractivity contribution < 1.29 is 14.3 Å². The van der Waals surface area contributed by atoms with Gasteiger partial charge in [0.15, 0.2) is 5.78 Å². The number of carbonyl (C=O) groups excluding carboxylic acids is 2. The van der Waals surface area contributed by atoms with Gasteiger partial charge in [-0.15, -0.1) is 0 Å². The second kappa shape index (κ2) is 9.11. The van der Waals surface area contributed by atoms with Crippen molar-refractivity contribution in [2.24, 2.45) is 5.92 Å². The van der Waals surface area contributed by atoms with Crippen molar-refractivity contribution in [2.45, 2.75) is 51.2 Å². The summed E-state index contributed by atoms with van der Waals surface area (Å²) in [7, 11) is 0. The highest BCUT2D eigenvalue weighted by Crippen LogP contribution is 2.29. The molecule has 1 aliphatic rings. The van der Waals surface area contributed by atoms with Crippen LogP contribution >= 0.6 is 0 Å². The Labute approximate surface area is 176 Å². The van der Waals surface area contributed by atoms with Gasteiger partial charge in [-0.2, -0.15) is 0 Å². The third kappa shape index (κ3) is 4.87. The minimum absolute atomic E-state index is 0.0372. The number of carbonyl (C=O) groups is 2. The average molecular weight is 405 g/mol. The van der Waals surface area contributed by atoms with Crippen molar-refractivity contribution in [2.75, 3.05) is 0 Å². The average Bonchev–Trinajstić information content (AvgIpc) is 3.39. The van der Waals surface area contributed by atoms with E-state index in [9.17, 15) is 9.59 Å². The van der Waals surface area contributed by atoms with Gasteiger partial charge in [-0.3, -0.25) is 14.6 Å². The summed E-state index contributed by atoms with van der Waals surface area (Å²) in [6.07, 6.45) is 6.91. The largest absolute Gasteiger partial charge is 0.490 e. The number of Topliss-reactive ketones (excluding diaryl/α,β-unsaturated/α-hetero) is 1. The molecule has 0 unspecified atom stereocenters. The number of H-pyrrole nitrogens is 1. The van der Waals surface area contributed by atoms with Crippen LogP contribution in [0.15, 0.2) is 54.9 Å². The van der Waals surface area contributed by atoms with Gasteiger partial charge in [0, 0.05) is 41.3 Å². The molecule has 2 N–H and O–H groups in total. The Morgan fingerprint density at radius 1 is 1.23 bits per heavy atom. The van der Waals surface area contributed by atoms with Gasteiger partial charge >= 0.3 is 0 Å². The summed E-state index contributed by atoms with van der Waals surface area (Å²) in [5, 5.41) is 3.94. The van der Waals surface area contributed by atoms with Crippen LogP contribution in [0.5, 0.6) is 5.75 Å². The van der Waals surface area contributed by atoms with E-state index in [4.69, 9.17) is 4.74 Å². The van der Waals surface area contributed by atoms with Crippen LogP contribution in [0.1, 0.15) is 38.3 Å². The van der Waals surface area contributed by atoms with Crippen molar-refractivity contribution in [1.29, 1.82) is 0 Å². The first-order valence-electron chi connectivity index (χ1n) is 10.5. The highest BCUT2D eigenvalue weighted by molar-refractivity contribution is 5.89. The Hall–Kier alpha value is -3.15. The van der Waals surface area contributed by atoms with E-state index >= 15 is 0 Å². The zero-order chi connectivity index (χ0) is 20.9. The van der Waals surface area contributed by atoms with Gasteiger partial charge in [0.25, 0.3) is 0 Å². The van der Waals surface area contributed by atoms with Gasteiger partial charge < -0.3 is 15.0 Å². The number of fused-ring (bicyclic) bond motifs is 1. The Morgan fingerprint density at radius 2 is 2.07 bits per heavy atom. The molecule has 3 atom stereocenters. The monoisotopic (exact) mass is 405 g/mol. The molecule has 2 aromatic heterocycles. The molecule has 4 rings (SSSR count). The number of ether oxygens (including phenoxy) is 1. The molecule has 156 valence electrons. The Morgan fingerprint density at radius 3 is 2.87 bits per heavy atom. The molecule has 30 heavy (non-hydrogen) atoms. The molecule has 0 saturated heterocycles. The zero-order valence-corrected chi connectivity index (χ0v) is 17.1. The minimum Gasteiger partial charge on any atom is -0.490 e. The van der Waals surface area contributed by atoms with E-state index in [1.165, 1.54) is 0 Å². The highest BCUT2D eigenvalue weighted by atomic mass is 16.5. The van der Waals surface area contributed by atoms with Crippen molar-refractivity contribution in [3.63, 3.8) is 0 Å². The van der Waals surface area contributed by atoms with Crippen LogP contribution < -0.4 is 10.1 Å². The molecular formula is C24H27N3O3.